The summed E-state index contributed by atoms with van der Waals surface area (Å²) in [7, 11) is 0. The number of pyridine rings is 1. The molecule has 0 saturated carbocycles. The molecule has 1 aromatic heterocycles. The molecule has 1 amide bonds. The van der Waals surface area contributed by atoms with Gasteiger partial charge in [0.25, 0.3) is 5.91 Å². The smallest absolute Gasteiger partial charge is 0.256 e. The van der Waals surface area contributed by atoms with Crippen LogP contribution in [0.1, 0.15) is 28.9 Å². The molecule has 1 unspecified atom stereocenters. The zero-order valence-electron chi connectivity index (χ0n) is 9.79. The summed E-state index contributed by atoms with van der Waals surface area (Å²) in [5.41, 5.74) is 0.731. The summed E-state index contributed by atoms with van der Waals surface area (Å²) in [6.45, 7) is 2.44. The highest BCUT2D eigenvalue weighted by Crippen LogP contribution is 2.25. The molecule has 1 fully saturated rings. The minimum atomic E-state index is -0.279. The van der Waals surface area contributed by atoms with Crippen LogP contribution in [-0.2, 0) is 0 Å². The van der Waals surface area contributed by atoms with Crippen LogP contribution in [0.15, 0.2) is 17.1 Å². The first-order chi connectivity index (χ1) is 8.16. The Balaban J connectivity index is 1.97. The van der Waals surface area contributed by atoms with E-state index in [0.29, 0.717) is 11.8 Å². The molecule has 0 radical (unpaired) electrons. The highest BCUT2D eigenvalue weighted by Gasteiger charge is 2.17. The lowest BCUT2D eigenvalue weighted by molar-refractivity contribution is 0.0952. The van der Waals surface area contributed by atoms with E-state index in [9.17, 15) is 9.59 Å². The Hall–Kier alpha value is -1.23. The van der Waals surface area contributed by atoms with Gasteiger partial charge in [0.15, 0.2) is 5.43 Å². The van der Waals surface area contributed by atoms with Crippen LogP contribution >= 0.6 is 11.8 Å². The van der Waals surface area contributed by atoms with Crippen molar-refractivity contribution in [3.63, 3.8) is 0 Å². The minimum Gasteiger partial charge on any atom is -0.364 e. The third-order valence-corrected chi connectivity index (χ3v) is 4.21. The van der Waals surface area contributed by atoms with Crippen LogP contribution in [0.25, 0.3) is 0 Å². The number of carbonyl (C=O) groups is 1. The van der Waals surface area contributed by atoms with E-state index in [0.717, 1.165) is 12.1 Å². The average Bonchev–Trinajstić information content (AvgIpc) is 2.78. The van der Waals surface area contributed by atoms with Crippen LogP contribution < -0.4 is 10.7 Å². The Labute approximate surface area is 104 Å². The maximum atomic E-state index is 11.8. The molecule has 0 spiro atoms. The van der Waals surface area contributed by atoms with E-state index in [4.69, 9.17) is 0 Å². The van der Waals surface area contributed by atoms with E-state index < -0.39 is 0 Å². The van der Waals surface area contributed by atoms with Crippen LogP contribution in [0.4, 0.5) is 0 Å². The van der Waals surface area contributed by atoms with Crippen molar-refractivity contribution in [3.05, 3.63) is 33.7 Å². The number of carbonyl (C=O) groups excluding carboxylic acids is 1. The summed E-state index contributed by atoms with van der Waals surface area (Å²) in [6, 6.07) is 1.44. The second-order valence-electron chi connectivity index (χ2n) is 4.24. The SMILES string of the molecule is Cc1cc(=O)c(C(=O)NCC2CCCS2)c[nH]1. The third-order valence-electron chi connectivity index (χ3n) is 2.82. The number of aryl methyl sites for hydroxylation is 1. The second-order valence-corrected chi connectivity index (χ2v) is 5.65. The van der Waals surface area contributed by atoms with Crippen molar-refractivity contribution < 1.29 is 4.79 Å². The molecule has 2 rings (SSSR count). The first-order valence-electron chi connectivity index (χ1n) is 5.76. The Morgan fingerprint density at radius 2 is 2.47 bits per heavy atom. The first-order valence-corrected chi connectivity index (χ1v) is 6.81. The molecule has 2 heterocycles. The molecule has 17 heavy (non-hydrogen) atoms. The molecule has 1 aliphatic rings. The van der Waals surface area contributed by atoms with Gasteiger partial charge in [0, 0.05) is 29.8 Å². The predicted octanol–water partition coefficient (Wildman–Crippen LogP) is 1.31. The molecule has 1 aliphatic heterocycles. The normalized spacial score (nSPS) is 19.2. The molecular weight excluding hydrogens is 236 g/mol. The molecule has 2 N–H and O–H groups in total. The van der Waals surface area contributed by atoms with Crippen molar-refractivity contribution in [1.29, 1.82) is 0 Å². The number of H-pyrrole nitrogens is 1. The maximum Gasteiger partial charge on any atom is 0.256 e. The molecule has 92 valence electrons. The predicted molar refractivity (Wildman–Crippen MR) is 69.6 cm³/mol. The van der Waals surface area contributed by atoms with E-state index in [1.54, 1.807) is 6.92 Å². The molecule has 0 aromatic carbocycles. The van der Waals surface area contributed by atoms with Gasteiger partial charge >= 0.3 is 0 Å². The standard InChI is InChI=1S/C12H16N2O2S/c1-8-5-11(15)10(7-13-8)12(16)14-6-9-3-2-4-17-9/h5,7,9H,2-4,6H2,1H3,(H,13,15)(H,14,16). The number of hydrogen-bond donors (Lipinski definition) is 2. The van der Waals surface area contributed by atoms with Gasteiger partial charge in [-0.3, -0.25) is 9.59 Å². The molecule has 1 aromatic rings. The van der Waals surface area contributed by atoms with E-state index in [-0.39, 0.29) is 16.9 Å². The van der Waals surface area contributed by atoms with Crippen LogP contribution in [0, 0.1) is 6.92 Å². The largest absolute Gasteiger partial charge is 0.364 e. The van der Waals surface area contributed by atoms with Crippen molar-refractivity contribution in [2.24, 2.45) is 0 Å². The van der Waals surface area contributed by atoms with Crippen molar-refractivity contribution in [2.45, 2.75) is 25.0 Å². The third kappa shape index (κ3) is 3.12. The van der Waals surface area contributed by atoms with E-state index in [1.165, 1.54) is 24.4 Å². The van der Waals surface area contributed by atoms with Crippen molar-refractivity contribution >= 4 is 17.7 Å². The Morgan fingerprint density at radius 3 is 3.12 bits per heavy atom. The Morgan fingerprint density at radius 1 is 1.65 bits per heavy atom. The van der Waals surface area contributed by atoms with E-state index in [1.807, 2.05) is 11.8 Å². The second kappa shape index (κ2) is 5.40. The van der Waals surface area contributed by atoms with Gasteiger partial charge in [0.1, 0.15) is 5.56 Å². The van der Waals surface area contributed by atoms with Gasteiger partial charge < -0.3 is 10.3 Å². The number of nitrogens with one attached hydrogen (secondary N) is 2. The topological polar surface area (TPSA) is 62.0 Å². The Bertz CT molecular complexity index is 464. The summed E-state index contributed by atoms with van der Waals surface area (Å²) >= 11 is 1.89. The van der Waals surface area contributed by atoms with Crippen LogP contribution in [0.2, 0.25) is 0 Å². The number of rotatable bonds is 3. The number of hydrogen-bond acceptors (Lipinski definition) is 3. The fraction of sp³-hybridized carbons (Fsp3) is 0.500. The lowest BCUT2D eigenvalue weighted by Crippen LogP contribution is -2.33. The van der Waals surface area contributed by atoms with Gasteiger partial charge in [-0.05, 0) is 25.5 Å². The maximum absolute atomic E-state index is 11.8. The summed E-state index contributed by atoms with van der Waals surface area (Å²) in [5, 5.41) is 3.32. The molecule has 0 bridgehead atoms. The molecule has 1 atom stereocenters. The van der Waals surface area contributed by atoms with Crippen LogP contribution in [-0.4, -0.2) is 28.4 Å². The van der Waals surface area contributed by atoms with Gasteiger partial charge in [0.05, 0.1) is 0 Å². The van der Waals surface area contributed by atoms with Crippen molar-refractivity contribution in [3.8, 4) is 0 Å². The number of amides is 1. The summed E-state index contributed by atoms with van der Waals surface area (Å²) < 4.78 is 0. The summed E-state index contributed by atoms with van der Waals surface area (Å²) in [4.78, 5) is 26.3. The lowest BCUT2D eigenvalue weighted by Gasteiger charge is -2.09. The minimum absolute atomic E-state index is 0.193. The first kappa shape index (κ1) is 12.2. The summed E-state index contributed by atoms with van der Waals surface area (Å²) in [5.74, 6) is 0.893. The average molecular weight is 252 g/mol. The molecule has 5 heteroatoms. The highest BCUT2D eigenvalue weighted by atomic mass is 32.2. The van der Waals surface area contributed by atoms with Gasteiger partial charge in [-0.2, -0.15) is 11.8 Å². The molecular formula is C12H16N2O2S. The van der Waals surface area contributed by atoms with Gasteiger partial charge in [0.2, 0.25) is 0 Å². The Kier molecular flexibility index (Phi) is 3.89. The molecule has 0 aliphatic carbocycles. The van der Waals surface area contributed by atoms with Crippen LogP contribution in [0.3, 0.4) is 0 Å². The fourth-order valence-electron chi connectivity index (χ4n) is 1.86. The number of aromatic amines is 1. The van der Waals surface area contributed by atoms with E-state index >= 15 is 0 Å². The van der Waals surface area contributed by atoms with E-state index in [2.05, 4.69) is 10.3 Å². The zero-order valence-corrected chi connectivity index (χ0v) is 10.6. The number of aromatic nitrogens is 1. The lowest BCUT2D eigenvalue weighted by atomic mass is 10.2. The van der Waals surface area contributed by atoms with Crippen molar-refractivity contribution in [2.75, 3.05) is 12.3 Å². The van der Waals surface area contributed by atoms with Crippen molar-refractivity contribution in [1.82, 2.24) is 10.3 Å². The molecule has 1 saturated heterocycles. The molecule has 4 nitrogen and oxygen atoms in total. The number of thioether (sulfide) groups is 1. The quantitative estimate of drug-likeness (QED) is 0.852. The highest BCUT2D eigenvalue weighted by molar-refractivity contribution is 8.00. The van der Waals surface area contributed by atoms with Gasteiger partial charge in [-0.15, -0.1) is 0 Å². The fourth-order valence-corrected chi connectivity index (χ4v) is 3.06. The van der Waals surface area contributed by atoms with Gasteiger partial charge in [-0.1, -0.05) is 0 Å². The monoisotopic (exact) mass is 252 g/mol. The summed E-state index contributed by atoms with van der Waals surface area (Å²) in [6.07, 6.45) is 3.85. The zero-order chi connectivity index (χ0) is 12.3. The van der Waals surface area contributed by atoms with Crippen LogP contribution in [0.5, 0.6) is 0 Å². The van der Waals surface area contributed by atoms with Gasteiger partial charge in [-0.25, -0.2) is 0 Å².